The van der Waals surface area contributed by atoms with Crippen molar-refractivity contribution in [3.05, 3.63) is 83.7 Å². The van der Waals surface area contributed by atoms with Crippen molar-refractivity contribution < 1.29 is 14.1 Å². The van der Waals surface area contributed by atoms with Crippen LogP contribution in [0.15, 0.2) is 81.0 Å². The third kappa shape index (κ3) is 4.39. The van der Waals surface area contributed by atoms with Gasteiger partial charge in [-0.25, -0.2) is 0 Å². The normalized spacial score (nSPS) is 15.5. The molecule has 2 heterocycles. The third-order valence-corrected chi connectivity index (χ3v) is 8.10. The van der Waals surface area contributed by atoms with Gasteiger partial charge in [0, 0.05) is 27.8 Å². The molecule has 0 bridgehead atoms. The minimum atomic E-state index is 0.0943. The maximum absolute atomic E-state index is 13.6. The summed E-state index contributed by atoms with van der Waals surface area (Å²) in [5.41, 5.74) is 3.82. The number of hydrogen-bond acceptors (Lipinski definition) is 6. The molecule has 7 heteroatoms. The lowest BCUT2D eigenvalue weighted by molar-refractivity contribution is 0.0974. The van der Waals surface area contributed by atoms with E-state index in [0.29, 0.717) is 18.1 Å². The first kappa shape index (κ1) is 22.9. The number of fused-ring (bicyclic) bond motifs is 2. The number of carbonyl (C=O) groups is 1. The first-order valence-corrected chi connectivity index (χ1v) is 13.2. The standard InChI is InChI=1S/C29H27N3O3S/c1-34-22-14-10-19(11-15-22)12-17-27-30-28(31-35-27)20-13-16-24-26(18-20)36-25-9-5-4-8-23(25)29(33)32(24)21-6-2-3-7-21/h4-5,8-11,13-16,18,21H,2-3,6-7,12,17H2,1H3. The number of anilines is 1. The molecule has 1 saturated carbocycles. The van der Waals surface area contributed by atoms with E-state index in [0.717, 1.165) is 51.6 Å². The molecule has 0 spiro atoms. The molecule has 1 aromatic heterocycles. The fraction of sp³-hybridized carbons (Fsp3) is 0.276. The van der Waals surface area contributed by atoms with Gasteiger partial charge in [0.1, 0.15) is 5.75 Å². The van der Waals surface area contributed by atoms with Crippen LogP contribution < -0.4 is 9.64 Å². The van der Waals surface area contributed by atoms with Crippen LogP contribution in [-0.2, 0) is 12.8 Å². The Morgan fingerprint density at radius 2 is 1.81 bits per heavy atom. The quantitative estimate of drug-likeness (QED) is 0.300. The van der Waals surface area contributed by atoms with Crippen LogP contribution >= 0.6 is 11.8 Å². The monoisotopic (exact) mass is 497 g/mol. The molecule has 4 aromatic rings. The number of methoxy groups -OCH3 is 1. The summed E-state index contributed by atoms with van der Waals surface area (Å²) < 4.78 is 10.8. The summed E-state index contributed by atoms with van der Waals surface area (Å²) in [5, 5.41) is 4.26. The summed E-state index contributed by atoms with van der Waals surface area (Å²) in [7, 11) is 1.67. The third-order valence-electron chi connectivity index (χ3n) is 6.98. The van der Waals surface area contributed by atoms with Gasteiger partial charge in [-0.1, -0.05) is 54.0 Å². The highest BCUT2D eigenvalue weighted by Crippen LogP contribution is 2.45. The number of rotatable bonds is 6. The molecule has 1 aliphatic heterocycles. The maximum atomic E-state index is 13.6. The van der Waals surface area contributed by atoms with Crippen LogP contribution in [-0.4, -0.2) is 29.2 Å². The highest BCUT2D eigenvalue weighted by molar-refractivity contribution is 7.99. The summed E-state index contributed by atoms with van der Waals surface area (Å²) in [6.07, 6.45) is 5.89. The molecule has 0 saturated heterocycles. The molecule has 1 amide bonds. The number of benzene rings is 3. The van der Waals surface area contributed by atoms with Gasteiger partial charge in [-0.15, -0.1) is 0 Å². The fourth-order valence-electron chi connectivity index (χ4n) is 5.07. The van der Waals surface area contributed by atoms with E-state index in [1.54, 1.807) is 18.9 Å². The van der Waals surface area contributed by atoms with Crippen molar-refractivity contribution in [2.24, 2.45) is 0 Å². The summed E-state index contributed by atoms with van der Waals surface area (Å²) >= 11 is 1.64. The van der Waals surface area contributed by atoms with Gasteiger partial charge in [0.15, 0.2) is 0 Å². The zero-order valence-corrected chi connectivity index (χ0v) is 21.0. The number of hydrogen-bond donors (Lipinski definition) is 0. The second-order valence-electron chi connectivity index (χ2n) is 9.25. The van der Waals surface area contributed by atoms with E-state index >= 15 is 0 Å². The SMILES string of the molecule is COc1ccc(CCc2nc(-c3ccc4c(c3)Sc3ccccc3C(=O)N4C3CCCC3)no2)cc1. The van der Waals surface area contributed by atoms with Gasteiger partial charge in [-0.05, 0) is 67.3 Å². The summed E-state index contributed by atoms with van der Waals surface area (Å²) in [4.78, 5) is 22.4. The Hall–Kier alpha value is -3.58. The topological polar surface area (TPSA) is 68.5 Å². The summed E-state index contributed by atoms with van der Waals surface area (Å²) in [5.74, 6) is 2.11. The van der Waals surface area contributed by atoms with Crippen LogP contribution in [0.1, 0.15) is 47.5 Å². The zero-order valence-electron chi connectivity index (χ0n) is 20.1. The number of aromatic nitrogens is 2. The van der Waals surface area contributed by atoms with Gasteiger partial charge < -0.3 is 14.2 Å². The number of carbonyl (C=O) groups excluding carboxylic acids is 1. The molecule has 6 nitrogen and oxygen atoms in total. The first-order valence-electron chi connectivity index (χ1n) is 12.4. The second kappa shape index (κ2) is 9.82. The van der Waals surface area contributed by atoms with Crippen LogP contribution in [0.2, 0.25) is 0 Å². The van der Waals surface area contributed by atoms with Gasteiger partial charge in [0.25, 0.3) is 5.91 Å². The smallest absolute Gasteiger partial charge is 0.259 e. The Morgan fingerprint density at radius 1 is 1.00 bits per heavy atom. The van der Waals surface area contributed by atoms with E-state index in [9.17, 15) is 4.79 Å². The Labute approximate surface area is 214 Å². The average molecular weight is 498 g/mol. The van der Waals surface area contributed by atoms with Gasteiger partial charge in [-0.3, -0.25) is 4.79 Å². The van der Waals surface area contributed by atoms with Crippen LogP contribution in [0.25, 0.3) is 11.4 Å². The summed E-state index contributed by atoms with van der Waals surface area (Å²) in [6.45, 7) is 0. The van der Waals surface area contributed by atoms with E-state index in [1.165, 1.54) is 18.4 Å². The molecule has 0 radical (unpaired) electrons. The first-order chi connectivity index (χ1) is 17.7. The van der Waals surface area contributed by atoms with E-state index in [2.05, 4.69) is 28.3 Å². The van der Waals surface area contributed by atoms with Gasteiger partial charge in [-0.2, -0.15) is 4.98 Å². The Morgan fingerprint density at radius 3 is 2.61 bits per heavy atom. The van der Waals surface area contributed by atoms with E-state index < -0.39 is 0 Å². The molecule has 0 unspecified atom stereocenters. The molecular weight excluding hydrogens is 470 g/mol. The molecule has 6 rings (SSSR count). The fourth-order valence-corrected chi connectivity index (χ4v) is 6.17. The largest absolute Gasteiger partial charge is 0.497 e. The molecule has 2 aliphatic rings. The molecular formula is C29H27N3O3S. The Kier molecular flexibility index (Phi) is 6.23. The number of aryl methyl sites for hydroxylation is 2. The van der Waals surface area contributed by atoms with Gasteiger partial charge >= 0.3 is 0 Å². The van der Waals surface area contributed by atoms with Gasteiger partial charge in [0.2, 0.25) is 11.7 Å². The van der Waals surface area contributed by atoms with Crippen molar-refractivity contribution in [2.75, 3.05) is 12.0 Å². The predicted molar refractivity (Wildman–Crippen MR) is 140 cm³/mol. The molecule has 182 valence electrons. The molecule has 1 fully saturated rings. The average Bonchev–Trinajstić information content (AvgIpc) is 3.60. The molecule has 0 atom stereocenters. The highest BCUT2D eigenvalue weighted by Gasteiger charge is 2.34. The maximum Gasteiger partial charge on any atom is 0.259 e. The Balaban J connectivity index is 1.28. The molecule has 3 aromatic carbocycles. The second-order valence-corrected chi connectivity index (χ2v) is 10.3. The van der Waals surface area contributed by atoms with Crippen molar-refractivity contribution >= 4 is 23.4 Å². The molecule has 36 heavy (non-hydrogen) atoms. The van der Waals surface area contributed by atoms with Crippen molar-refractivity contribution in [3.63, 3.8) is 0 Å². The lowest BCUT2D eigenvalue weighted by Crippen LogP contribution is -2.39. The number of ether oxygens (including phenoxy) is 1. The summed E-state index contributed by atoms with van der Waals surface area (Å²) in [6, 6.07) is 22.3. The van der Waals surface area contributed by atoms with Crippen LogP contribution in [0.3, 0.4) is 0 Å². The van der Waals surface area contributed by atoms with Crippen molar-refractivity contribution in [1.82, 2.24) is 10.1 Å². The number of amides is 1. The van der Waals surface area contributed by atoms with Crippen LogP contribution in [0.5, 0.6) is 5.75 Å². The predicted octanol–water partition coefficient (Wildman–Crippen LogP) is 6.58. The zero-order chi connectivity index (χ0) is 24.5. The van der Waals surface area contributed by atoms with Gasteiger partial charge in [0.05, 0.1) is 18.4 Å². The highest BCUT2D eigenvalue weighted by atomic mass is 32.2. The lowest BCUT2D eigenvalue weighted by atomic mass is 10.1. The van der Waals surface area contributed by atoms with Crippen molar-refractivity contribution in [2.45, 2.75) is 54.4 Å². The van der Waals surface area contributed by atoms with E-state index in [-0.39, 0.29) is 11.9 Å². The minimum absolute atomic E-state index is 0.0943. The van der Waals surface area contributed by atoms with E-state index in [1.807, 2.05) is 53.4 Å². The lowest BCUT2D eigenvalue weighted by Gasteiger charge is -2.29. The molecule has 0 N–H and O–H groups in total. The minimum Gasteiger partial charge on any atom is -0.497 e. The number of nitrogens with zero attached hydrogens (tertiary/aromatic N) is 3. The van der Waals surface area contributed by atoms with Crippen LogP contribution in [0, 0.1) is 0 Å². The van der Waals surface area contributed by atoms with Crippen LogP contribution in [0.4, 0.5) is 5.69 Å². The van der Waals surface area contributed by atoms with E-state index in [4.69, 9.17) is 9.26 Å². The molecule has 1 aliphatic carbocycles. The Bertz CT molecular complexity index is 1390. The van der Waals surface area contributed by atoms with Crippen molar-refractivity contribution in [3.8, 4) is 17.1 Å². The van der Waals surface area contributed by atoms with Crippen molar-refractivity contribution in [1.29, 1.82) is 0 Å².